The van der Waals surface area contributed by atoms with Gasteiger partial charge in [0.1, 0.15) is 0 Å². The molecule has 1 aromatic heterocycles. The fraction of sp³-hybridized carbons (Fsp3) is 0.700. The van der Waals surface area contributed by atoms with Crippen LogP contribution in [0.2, 0.25) is 0 Å². The van der Waals surface area contributed by atoms with E-state index < -0.39 is 0 Å². The normalized spacial score (nSPS) is 29.7. The van der Waals surface area contributed by atoms with E-state index in [4.69, 9.17) is 4.74 Å². The van der Waals surface area contributed by atoms with Gasteiger partial charge in [-0.1, -0.05) is 13.3 Å². The Bertz CT molecular complexity index is 662. The maximum atomic E-state index is 12.6. The molecule has 6 heteroatoms. The number of hydrogen-bond donors (Lipinski definition) is 0. The van der Waals surface area contributed by atoms with E-state index in [9.17, 15) is 9.59 Å². The summed E-state index contributed by atoms with van der Waals surface area (Å²) in [5, 5.41) is 0. The maximum Gasteiger partial charge on any atom is 0.309 e. The summed E-state index contributed by atoms with van der Waals surface area (Å²) in [6.45, 7) is 1.97. The van der Waals surface area contributed by atoms with Crippen LogP contribution >= 0.6 is 34.9 Å². The number of ketones is 1. The molecule has 2 aliphatic carbocycles. The van der Waals surface area contributed by atoms with Crippen molar-refractivity contribution in [2.45, 2.75) is 49.5 Å². The molecule has 3 fully saturated rings. The third kappa shape index (κ3) is 3.49. The van der Waals surface area contributed by atoms with Gasteiger partial charge in [-0.3, -0.25) is 9.59 Å². The molecule has 0 aromatic carbocycles. The highest BCUT2D eigenvalue weighted by molar-refractivity contribution is 8.21. The molecule has 1 aliphatic heterocycles. The molecule has 3 nitrogen and oxygen atoms in total. The molecule has 2 heterocycles. The SMILES string of the molecule is CCc1ccc(C(=O)COC(=O)C2C[C@H]3CCC[C@H](C2)C32SCCS2)s1. The van der Waals surface area contributed by atoms with Crippen molar-refractivity contribution in [1.29, 1.82) is 0 Å². The van der Waals surface area contributed by atoms with Crippen molar-refractivity contribution in [3.63, 3.8) is 0 Å². The second-order valence-corrected chi connectivity index (χ2v) is 11.7. The van der Waals surface area contributed by atoms with Crippen molar-refractivity contribution in [2.24, 2.45) is 17.8 Å². The van der Waals surface area contributed by atoms with Gasteiger partial charge >= 0.3 is 5.97 Å². The van der Waals surface area contributed by atoms with Crippen molar-refractivity contribution >= 4 is 46.6 Å². The Labute approximate surface area is 168 Å². The number of rotatable bonds is 5. The summed E-state index contributed by atoms with van der Waals surface area (Å²) in [5.74, 6) is 3.53. The lowest BCUT2D eigenvalue weighted by Crippen LogP contribution is -2.48. The Morgan fingerprint density at radius 2 is 1.85 bits per heavy atom. The molecule has 2 bridgehead atoms. The van der Waals surface area contributed by atoms with Gasteiger partial charge in [0.2, 0.25) is 5.78 Å². The number of hydrogen-bond acceptors (Lipinski definition) is 6. The van der Waals surface area contributed by atoms with Crippen LogP contribution in [0, 0.1) is 17.8 Å². The van der Waals surface area contributed by atoms with Gasteiger partial charge in [-0.2, -0.15) is 0 Å². The van der Waals surface area contributed by atoms with Gasteiger partial charge in [-0.15, -0.1) is 34.9 Å². The molecule has 2 saturated carbocycles. The molecular weight excluding hydrogens is 384 g/mol. The number of aryl methyl sites for hydroxylation is 1. The van der Waals surface area contributed by atoms with Crippen LogP contribution in [0.4, 0.5) is 0 Å². The molecule has 3 aliphatic rings. The summed E-state index contributed by atoms with van der Waals surface area (Å²) < 4.78 is 5.83. The molecule has 1 spiro atoms. The average molecular weight is 411 g/mol. The largest absolute Gasteiger partial charge is 0.457 e. The second-order valence-electron chi connectivity index (χ2n) is 7.56. The fourth-order valence-corrected chi connectivity index (χ4v) is 9.65. The summed E-state index contributed by atoms with van der Waals surface area (Å²) >= 11 is 5.81. The third-order valence-electron chi connectivity index (χ3n) is 6.08. The Kier molecular flexibility index (Phi) is 5.72. The summed E-state index contributed by atoms with van der Waals surface area (Å²) in [5.41, 5.74) is 0. The summed E-state index contributed by atoms with van der Waals surface area (Å²) in [4.78, 5) is 26.8. The van der Waals surface area contributed by atoms with Crippen LogP contribution in [0.1, 0.15) is 53.6 Å². The van der Waals surface area contributed by atoms with Gasteiger partial charge in [0.25, 0.3) is 0 Å². The van der Waals surface area contributed by atoms with Crippen LogP contribution in [-0.2, 0) is 16.0 Å². The molecule has 1 saturated heterocycles. The van der Waals surface area contributed by atoms with Crippen LogP contribution < -0.4 is 0 Å². The minimum absolute atomic E-state index is 0.0138. The first kappa shape index (κ1) is 18.9. The van der Waals surface area contributed by atoms with E-state index in [0.29, 0.717) is 20.8 Å². The molecule has 1 aromatic rings. The van der Waals surface area contributed by atoms with E-state index >= 15 is 0 Å². The first-order valence-corrected chi connectivity index (χ1v) is 12.5. The van der Waals surface area contributed by atoms with Crippen LogP contribution in [0.3, 0.4) is 0 Å². The minimum Gasteiger partial charge on any atom is -0.457 e. The Morgan fingerprint density at radius 1 is 1.15 bits per heavy atom. The zero-order chi connectivity index (χ0) is 18.1. The standard InChI is InChI=1S/C20H26O3S3/c1-2-16-6-7-18(26-16)17(21)12-23-19(22)13-10-14-4-3-5-15(11-13)20(14)24-8-9-25-20/h6-7,13-15H,2-5,8-12H2,1H3/t14-,15-/m1/s1. The van der Waals surface area contributed by atoms with Gasteiger partial charge in [0, 0.05) is 16.4 Å². The van der Waals surface area contributed by atoms with E-state index in [-0.39, 0.29) is 24.3 Å². The molecule has 142 valence electrons. The first-order valence-electron chi connectivity index (χ1n) is 9.69. The zero-order valence-electron chi connectivity index (χ0n) is 15.2. The van der Waals surface area contributed by atoms with E-state index in [1.165, 1.54) is 47.0 Å². The van der Waals surface area contributed by atoms with Gasteiger partial charge in [0.05, 0.1) is 14.9 Å². The van der Waals surface area contributed by atoms with Crippen molar-refractivity contribution in [3.05, 3.63) is 21.9 Å². The number of thioether (sulfide) groups is 2. The van der Waals surface area contributed by atoms with Crippen molar-refractivity contribution < 1.29 is 14.3 Å². The third-order valence-corrected chi connectivity index (χ3v) is 11.4. The summed E-state index contributed by atoms with van der Waals surface area (Å²) in [6, 6.07) is 3.83. The number of thiophene rings is 1. The molecule has 4 rings (SSSR count). The van der Waals surface area contributed by atoms with E-state index in [0.717, 1.165) is 19.3 Å². The highest BCUT2D eigenvalue weighted by Gasteiger charge is 2.55. The first-order chi connectivity index (χ1) is 12.6. The number of carbonyl (C=O) groups excluding carboxylic acids is 2. The molecule has 0 radical (unpaired) electrons. The van der Waals surface area contributed by atoms with Gasteiger partial charge in [-0.05, 0) is 56.1 Å². The lowest BCUT2D eigenvalue weighted by Gasteiger charge is -2.51. The molecule has 26 heavy (non-hydrogen) atoms. The predicted octanol–water partition coefficient (Wildman–Crippen LogP) is 5.04. The highest BCUT2D eigenvalue weighted by Crippen LogP contribution is 2.64. The Morgan fingerprint density at radius 3 is 2.46 bits per heavy atom. The van der Waals surface area contributed by atoms with E-state index in [2.05, 4.69) is 30.4 Å². The topological polar surface area (TPSA) is 43.4 Å². The molecular formula is C20H26O3S3. The molecule has 2 atom stereocenters. The van der Waals surface area contributed by atoms with E-state index in [1.807, 2.05) is 12.1 Å². The minimum atomic E-state index is -0.148. The monoisotopic (exact) mass is 410 g/mol. The molecule has 0 N–H and O–H groups in total. The second kappa shape index (κ2) is 7.88. The van der Waals surface area contributed by atoms with Crippen LogP contribution in [-0.4, -0.2) is 33.9 Å². The number of Topliss-reactive ketones (excluding diaryl/α,β-unsaturated/α-hetero) is 1. The highest BCUT2D eigenvalue weighted by atomic mass is 32.2. The van der Waals surface area contributed by atoms with Crippen molar-refractivity contribution in [2.75, 3.05) is 18.1 Å². The van der Waals surface area contributed by atoms with Gasteiger partial charge in [-0.25, -0.2) is 0 Å². The Hall–Kier alpha value is -0.460. The lowest BCUT2D eigenvalue weighted by atomic mass is 9.67. The zero-order valence-corrected chi connectivity index (χ0v) is 17.6. The number of esters is 1. The van der Waals surface area contributed by atoms with E-state index in [1.54, 1.807) is 0 Å². The van der Waals surface area contributed by atoms with Crippen LogP contribution in [0.15, 0.2) is 12.1 Å². The van der Waals surface area contributed by atoms with Gasteiger partial charge < -0.3 is 4.74 Å². The number of carbonyl (C=O) groups is 2. The summed E-state index contributed by atoms with van der Waals surface area (Å²) in [6.07, 6.45) is 6.62. The average Bonchev–Trinajstić information content (AvgIpc) is 3.29. The fourth-order valence-electron chi connectivity index (χ4n) is 4.85. The maximum absolute atomic E-state index is 12.6. The van der Waals surface area contributed by atoms with Crippen molar-refractivity contribution in [1.82, 2.24) is 0 Å². The smallest absolute Gasteiger partial charge is 0.309 e. The van der Waals surface area contributed by atoms with Crippen molar-refractivity contribution in [3.8, 4) is 0 Å². The lowest BCUT2D eigenvalue weighted by molar-refractivity contribution is -0.150. The van der Waals surface area contributed by atoms with Gasteiger partial charge in [0.15, 0.2) is 6.61 Å². The Balaban J connectivity index is 1.35. The van der Waals surface area contributed by atoms with Crippen LogP contribution in [0.25, 0.3) is 0 Å². The predicted molar refractivity (Wildman–Crippen MR) is 110 cm³/mol. The number of ether oxygens (including phenoxy) is 1. The molecule has 0 amide bonds. The summed E-state index contributed by atoms with van der Waals surface area (Å²) in [7, 11) is 0. The molecule has 0 unspecified atom stereocenters. The van der Waals surface area contributed by atoms with Crippen LogP contribution in [0.5, 0.6) is 0 Å². The quantitative estimate of drug-likeness (QED) is 0.503.